The second-order valence-electron chi connectivity index (χ2n) is 3.14. The van der Waals surface area contributed by atoms with Crippen LogP contribution in [-0.4, -0.2) is 16.3 Å². The lowest BCUT2D eigenvalue weighted by molar-refractivity contribution is 0.0526. The molecule has 0 radical (unpaired) electrons. The average Bonchev–Trinajstić information content (AvgIpc) is 2.21. The van der Waals surface area contributed by atoms with Crippen LogP contribution >= 0.6 is 11.6 Å². The first-order chi connectivity index (χ1) is 6.97. The minimum Gasteiger partial charge on any atom is -0.384 e. The molecular formula is C10H9ClFNO2. The number of rotatable bonds is 2. The highest BCUT2D eigenvalue weighted by atomic mass is 35.5. The van der Waals surface area contributed by atoms with Gasteiger partial charge in [0.05, 0.1) is 6.07 Å². The molecule has 0 fully saturated rings. The van der Waals surface area contributed by atoms with Crippen molar-refractivity contribution in [3.8, 4) is 6.07 Å². The van der Waals surface area contributed by atoms with Gasteiger partial charge in [0, 0.05) is 10.6 Å². The minimum atomic E-state index is -1.62. The van der Waals surface area contributed by atoms with Gasteiger partial charge in [-0.2, -0.15) is 5.26 Å². The third-order valence-electron chi connectivity index (χ3n) is 2.03. The number of aliphatic hydroxyl groups excluding tert-OH is 2. The molecule has 0 saturated heterocycles. The van der Waals surface area contributed by atoms with Crippen molar-refractivity contribution < 1.29 is 14.6 Å². The van der Waals surface area contributed by atoms with E-state index in [0.717, 1.165) is 6.07 Å². The predicted molar refractivity (Wildman–Crippen MR) is 52.7 cm³/mol. The fourth-order valence-corrected chi connectivity index (χ4v) is 1.46. The average molecular weight is 230 g/mol. The Morgan fingerprint density at radius 2 is 2.07 bits per heavy atom. The lowest BCUT2D eigenvalue weighted by Crippen LogP contribution is -2.16. The molecule has 0 spiro atoms. The summed E-state index contributed by atoms with van der Waals surface area (Å²) in [6.07, 6.45) is -3.12. The van der Waals surface area contributed by atoms with Gasteiger partial charge in [-0.1, -0.05) is 11.6 Å². The zero-order valence-corrected chi connectivity index (χ0v) is 8.66. The molecular weight excluding hydrogens is 221 g/mol. The van der Waals surface area contributed by atoms with Crippen molar-refractivity contribution in [2.75, 3.05) is 0 Å². The van der Waals surface area contributed by atoms with E-state index < -0.39 is 18.0 Å². The SMILES string of the molecule is Cc1cc(Cl)c(C(O)C(O)C#N)cc1F. The highest BCUT2D eigenvalue weighted by molar-refractivity contribution is 6.31. The Morgan fingerprint density at radius 1 is 1.47 bits per heavy atom. The first-order valence-corrected chi connectivity index (χ1v) is 4.56. The summed E-state index contributed by atoms with van der Waals surface area (Å²) in [7, 11) is 0. The van der Waals surface area contributed by atoms with Crippen molar-refractivity contribution in [2.24, 2.45) is 0 Å². The third-order valence-corrected chi connectivity index (χ3v) is 2.36. The van der Waals surface area contributed by atoms with Crippen molar-refractivity contribution in [3.05, 3.63) is 34.1 Å². The Balaban J connectivity index is 3.16. The highest BCUT2D eigenvalue weighted by Gasteiger charge is 2.21. The summed E-state index contributed by atoms with van der Waals surface area (Å²) in [6, 6.07) is 3.80. The minimum absolute atomic E-state index is 0.00816. The standard InChI is InChI=1S/C10H9ClFNO2/c1-5-2-7(11)6(3-8(5)12)10(15)9(14)4-13/h2-3,9-10,14-15H,1H3. The fraction of sp³-hybridized carbons (Fsp3) is 0.300. The van der Waals surface area contributed by atoms with Crippen LogP contribution in [0.5, 0.6) is 0 Å². The maximum absolute atomic E-state index is 13.2. The van der Waals surface area contributed by atoms with Gasteiger partial charge in [0.25, 0.3) is 0 Å². The van der Waals surface area contributed by atoms with Gasteiger partial charge in [0.15, 0.2) is 6.10 Å². The summed E-state index contributed by atoms with van der Waals surface area (Å²) >= 11 is 5.75. The number of nitrogens with zero attached hydrogens (tertiary/aromatic N) is 1. The predicted octanol–water partition coefficient (Wildman–Crippen LogP) is 1.71. The molecule has 1 aromatic carbocycles. The monoisotopic (exact) mass is 229 g/mol. The maximum Gasteiger partial charge on any atom is 0.170 e. The molecule has 0 aliphatic carbocycles. The lowest BCUT2D eigenvalue weighted by atomic mass is 10.0. The Bertz CT molecular complexity index is 417. The molecule has 2 unspecified atom stereocenters. The number of nitriles is 1. The summed E-state index contributed by atoms with van der Waals surface area (Å²) in [4.78, 5) is 0. The van der Waals surface area contributed by atoms with Crippen LogP contribution in [0.25, 0.3) is 0 Å². The van der Waals surface area contributed by atoms with Crippen molar-refractivity contribution >= 4 is 11.6 Å². The fourth-order valence-electron chi connectivity index (χ4n) is 1.13. The third kappa shape index (κ3) is 2.45. The molecule has 3 nitrogen and oxygen atoms in total. The van der Waals surface area contributed by atoms with Gasteiger partial charge < -0.3 is 10.2 Å². The second-order valence-corrected chi connectivity index (χ2v) is 3.55. The molecule has 0 aliphatic rings. The molecule has 1 aromatic rings. The van der Waals surface area contributed by atoms with Crippen molar-refractivity contribution in [2.45, 2.75) is 19.1 Å². The van der Waals surface area contributed by atoms with E-state index in [1.54, 1.807) is 0 Å². The van der Waals surface area contributed by atoms with Gasteiger partial charge >= 0.3 is 0 Å². The van der Waals surface area contributed by atoms with E-state index in [-0.39, 0.29) is 10.6 Å². The summed E-state index contributed by atoms with van der Waals surface area (Å²) < 4.78 is 13.2. The summed E-state index contributed by atoms with van der Waals surface area (Å²) in [5.41, 5.74) is 0.344. The topological polar surface area (TPSA) is 64.2 Å². The van der Waals surface area contributed by atoms with Crippen molar-refractivity contribution in [1.82, 2.24) is 0 Å². The molecule has 0 bridgehead atoms. The van der Waals surface area contributed by atoms with Crippen LogP contribution in [0.4, 0.5) is 4.39 Å². The van der Waals surface area contributed by atoms with Crippen LogP contribution in [0.3, 0.4) is 0 Å². The highest BCUT2D eigenvalue weighted by Crippen LogP contribution is 2.27. The second kappa shape index (κ2) is 4.58. The quantitative estimate of drug-likeness (QED) is 0.759. The molecule has 5 heteroatoms. The van der Waals surface area contributed by atoms with Crippen molar-refractivity contribution in [3.63, 3.8) is 0 Å². The van der Waals surface area contributed by atoms with E-state index in [2.05, 4.69) is 0 Å². The molecule has 0 saturated carbocycles. The molecule has 2 atom stereocenters. The van der Waals surface area contributed by atoms with Crippen molar-refractivity contribution in [1.29, 1.82) is 5.26 Å². The van der Waals surface area contributed by atoms with E-state index in [1.165, 1.54) is 19.1 Å². The van der Waals surface area contributed by atoms with Crippen LogP contribution in [0.15, 0.2) is 12.1 Å². The smallest absolute Gasteiger partial charge is 0.170 e. The van der Waals surface area contributed by atoms with Crippen LogP contribution in [0.1, 0.15) is 17.2 Å². The lowest BCUT2D eigenvalue weighted by Gasteiger charge is -2.14. The molecule has 0 heterocycles. The maximum atomic E-state index is 13.2. The van der Waals surface area contributed by atoms with Crippen LogP contribution in [-0.2, 0) is 0 Å². The van der Waals surface area contributed by atoms with Gasteiger partial charge in [0.1, 0.15) is 11.9 Å². The zero-order chi connectivity index (χ0) is 11.6. The number of aliphatic hydroxyl groups is 2. The Morgan fingerprint density at radius 3 is 2.60 bits per heavy atom. The Hall–Kier alpha value is -1.15. The van der Waals surface area contributed by atoms with E-state index in [1.807, 2.05) is 0 Å². The van der Waals surface area contributed by atoms with E-state index >= 15 is 0 Å². The van der Waals surface area contributed by atoms with E-state index in [9.17, 15) is 9.50 Å². The van der Waals surface area contributed by atoms with Crippen LogP contribution in [0.2, 0.25) is 5.02 Å². The normalized spacial score (nSPS) is 14.4. The van der Waals surface area contributed by atoms with Gasteiger partial charge in [-0.25, -0.2) is 4.39 Å². The molecule has 80 valence electrons. The molecule has 2 N–H and O–H groups in total. The largest absolute Gasteiger partial charge is 0.384 e. The summed E-state index contributed by atoms with van der Waals surface area (Å²) in [5, 5.41) is 27.0. The molecule has 1 rings (SSSR count). The van der Waals surface area contributed by atoms with E-state index in [0.29, 0.717) is 5.56 Å². The molecule has 0 aliphatic heterocycles. The first kappa shape index (κ1) is 11.9. The number of hydrogen-bond acceptors (Lipinski definition) is 3. The summed E-state index contributed by atoms with van der Waals surface area (Å²) in [5.74, 6) is -0.543. The number of benzene rings is 1. The number of aryl methyl sites for hydroxylation is 1. The van der Waals surface area contributed by atoms with Gasteiger partial charge in [-0.15, -0.1) is 0 Å². The Kier molecular flexibility index (Phi) is 3.64. The number of halogens is 2. The Labute approximate surface area is 91.3 Å². The summed E-state index contributed by atoms with van der Waals surface area (Å²) in [6.45, 7) is 1.53. The first-order valence-electron chi connectivity index (χ1n) is 4.18. The molecule has 0 amide bonds. The van der Waals surface area contributed by atoms with E-state index in [4.69, 9.17) is 22.0 Å². The van der Waals surface area contributed by atoms with Gasteiger partial charge in [-0.05, 0) is 24.6 Å². The number of hydrogen-bond donors (Lipinski definition) is 2. The van der Waals surface area contributed by atoms with Gasteiger partial charge in [0.2, 0.25) is 0 Å². The molecule has 0 aromatic heterocycles. The zero-order valence-electron chi connectivity index (χ0n) is 7.91. The van der Waals surface area contributed by atoms with Gasteiger partial charge in [-0.3, -0.25) is 0 Å². The van der Waals surface area contributed by atoms with Crippen LogP contribution < -0.4 is 0 Å². The van der Waals surface area contributed by atoms with Crippen LogP contribution in [0, 0.1) is 24.1 Å². The molecule has 15 heavy (non-hydrogen) atoms.